The van der Waals surface area contributed by atoms with Crippen LogP contribution in [0, 0.1) is 5.92 Å². The van der Waals surface area contributed by atoms with Crippen molar-refractivity contribution < 1.29 is 13.2 Å². The van der Waals surface area contributed by atoms with Crippen molar-refractivity contribution in [2.45, 2.75) is 58.2 Å². The molecular weight excluding hydrogens is 253 g/mol. The van der Waals surface area contributed by atoms with Gasteiger partial charge in [0, 0.05) is 19.0 Å². The molecule has 0 spiro atoms. The lowest BCUT2D eigenvalue weighted by atomic mass is 9.91. The van der Waals surface area contributed by atoms with Crippen LogP contribution in [0.5, 0.6) is 0 Å². The van der Waals surface area contributed by atoms with E-state index < -0.39 is 12.6 Å². The molecule has 1 aliphatic heterocycles. The van der Waals surface area contributed by atoms with E-state index in [9.17, 15) is 13.2 Å². The van der Waals surface area contributed by atoms with Gasteiger partial charge in [0.05, 0.1) is 0 Å². The molecule has 0 aromatic heterocycles. The minimum absolute atomic E-state index is 0.229. The van der Waals surface area contributed by atoms with Crippen LogP contribution < -0.4 is 5.32 Å². The maximum atomic E-state index is 12.1. The molecule has 2 unspecified atom stereocenters. The molecule has 5 heteroatoms. The number of alkyl halides is 3. The Kier molecular flexibility index (Phi) is 7.15. The minimum atomic E-state index is -4.01. The van der Waals surface area contributed by atoms with Crippen molar-refractivity contribution in [3.63, 3.8) is 0 Å². The molecule has 0 aromatic rings. The van der Waals surface area contributed by atoms with Crippen molar-refractivity contribution in [1.29, 1.82) is 0 Å². The molecule has 114 valence electrons. The quantitative estimate of drug-likeness (QED) is 0.768. The largest absolute Gasteiger partial charge is 0.389 e. The summed E-state index contributed by atoms with van der Waals surface area (Å²) < 4.78 is 36.4. The predicted molar refractivity (Wildman–Crippen MR) is 72.2 cm³/mol. The lowest BCUT2D eigenvalue weighted by Crippen LogP contribution is -2.45. The van der Waals surface area contributed by atoms with Gasteiger partial charge in [-0.1, -0.05) is 6.92 Å². The van der Waals surface area contributed by atoms with Crippen LogP contribution in [0.4, 0.5) is 13.2 Å². The highest BCUT2D eigenvalue weighted by atomic mass is 19.4. The van der Waals surface area contributed by atoms with E-state index in [1.54, 1.807) is 0 Å². The zero-order valence-corrected chi connectivity index (χ0v) is 12.1. The third-order valence-corrected chi connectivity index (χ3v) is 3.90. The second-order valence-corrected chi connectivity index (χ2v) is 5.66. The van der Waals surface area contributed by atoms with Crippen LogP contribution >= 0.6 is 0 Å². The van der Waals surface area contributed by atoms with Gasteiger partial charge in [0.1, 0.15) is 0 Å². The van der Waals surface area contributed by atoms with E-state index in [4.69, 9.17) is 0 Å². The van der Waals surface area contributed by atoms with Gasteiger partial charge in [-0.3, -0.25) is 0 Å². The topological polar surface area (TPSA) is 15.3 Å². The Bertz CT molecular complexity index is 243. The van der Waals surface area contributed by atoms with E-state index in [1.807, 2.05) is 0 Å². The average Bonchev–Trinajstić information content (AvgIpc) is 2.35. The van der Waals surface area contributed by atoms with E-state index in [1.165, 1.54) is 6.42 Å². The summed E-state index contributed by atoms with van der Waals surface area (Å²) in [5.74, 6) is 0.575. The van der Waals surface area contributed by atoms with Gasteiger partial charge in [-0.2, -0.15) is 13.2 Å². The van der Waals surface area contributed by atoms with Crippen molar-refractivity contribution >= 4 is 0 Å². The Balaban J connectivity index is 2.25. The lowest BCUT2D eigenvalue weighted by molar-refractivity contribution is -0.136. The third-order valence-electron chi connectivity index (χ3n) is 3.90. The number of rotatable bonds is 7. The maximum absolute atomic E-state index is 12.1. The molecule has 2 nitrogen and oxygen atoms in total. The Labute approximate surface area is 114 Å². The summed E-state index contributed by atoms with van der Waals surface area (Å²) in [5, 5.41) is 3.50. The fourth-order valence-electron chi connectivity index (χ4n) is 2.74. The number of hydrogen-bond donors (Lipinski definition) is 1. The summed E-state index contributed by atoms with van der Waals surface area (Å²) in [5.41, 5.74) is 0. The SMILES string of the molecule is CCCNC(C)C1CCCN(CCCC(F)(F)F)C1. The van der Waals surface area contributed by atoms with Gasteiger partial charge in [-0.05, 0) is 58.2 Å². The molecule has 19 heavy (non-hydrogen) atoms. The van der Waals surface area contributed by atoms with E-state index >= 15 is 0 Å². The summed E-state index contributed by atoms with van der Waals surface area (Å²) in [4.78, 5) is 2.20. The molecule has 1 rings (SSSR count). The number of piperidine rings is 1. The molecule has 0 saturated carbocycles. The van der Waals surface area contributed by atoms with Gasteiger partial charge in [-0.15, -0.1) is 0 Å². The first kappa shape index (κ1) is 16.8. The monoisotopic (exact) mass is 280 g/mol. The molecule has 0 bridgehead atoms. The standard InChI is InChI=1S/C14H27F3N2/c1-3-8-18-12(2)13-6-4-9-19(11-13)10-5-7-14(15,16)17/h12-13,18H,3-11H2,1-2H3. The molecule has 0 radical (unpaired) electrons. The first-order valence-electron chi connectivity index (χ1n) is 7.45. The molecule has 0 aliphatic carbocycles. The van der Waals surface area contributed by atoms with E-state index in [0.29, 0.717) is 18.5 Å². The Hall–Kier alpha value is -0.290. The number of nitrogens with zero attached hydrogens (tertiary/aromatic N) is 1. The maximum Gasteiger partial charge on any atom is 0.389 e. The highest BCUT2D eigenvalue weighted by Crippen LogP contribution is 2.23. The summed E-state index contributed by atoms with van der Waals surface area (Å²) >= 11 is 0. The molecular formula is C14H27F3N2. The molecule has 0 aromatic carbocycles. The van der Waals surface area contributed by atoms with Gasteiger partial charge in [0.2, 0.25) is 0 Å². The first-order chi connectivity index (χ1) is 8.92. The second-order valence-electron chi connectivity index (χ2n) is 5.66. The smallest absolute Gasteiger partial charge is 0.314 e. The number of hydrogen-bond acceptors (Lipinski definition) is 2. The van der Waals surface area contributed by atoms with Crippen molar-refractivity contribution in [3.05, 3.63) is 0 Å². The van der Waals surface area contributed by atoms with Crippen molar-refractivity contribution in [2.75, 3.05) is 26.2 Å². The Morgan fingerprint density at radius 3 is 2.74 bits per heavy atom. The van der Waals surface area contributed by atoms with Crippen LogP contribution in [0.25, 0.3) is 0 Å². The van der Waals surface area contributed by atoms with Crippen molar-refractivity contribution in [2.24, 2.45) is 5.92 Å². The summed E-state index contributed by atoms with van der Waals surface area (Å²) in [6.45, 7) is 7.83. The molecule has 0 amide bonds. The second kappa shape index (κ2) is 8.10. The molecule has 1 saturated heterocycles. The zero-order valence-electron chi connectivity index (χ0n) is 12.1. The minimum Gasteiger partial charge on any atom is -0.314 e. The van der Waals surface area contributed by atoms with Gasteiger partial charge < -0.3 is 10.2 Å². The third kappa shape index (κ3) is 7.16. The first-order valence-corrected chi connectivity index (χ1v) is 7.45. The fourth-order valence-corrected chi connectivity index (χ4v) is 2.74. The van der Waals surface area contributed by atoms with E-state index in [2.05, 4.69) is 24.1 Å². The Morgan fingerprint density at radius 2 is 2.11 bits per heavy atom. The van der Waals surface area contributed by atoms with Crippen LogP contribution in [0.1, 0.15) is 46.0 Å². The van der Waals surface area contributed by atoms with Gasteiger partial charge in [0.15, 0.2) is 0 Å². The number of nitrogens with one attached hydrogen (secondary N) is 1. The van der Waals surface area contributed by atoms with Crippen LogP contribution in [-0.2, 0) is 0 Å². The van der Waals surface area contributed by atoms with Gasteiger partial charge in [-0.25, -0.2) is 0 Å². The average molecular weight is 280 g/mol. The van der Waals surface area contributed by atoms with Crippen LogP contribution in [0.2, 0.25) is 0 Å². The number of likely N-dealkylation sites (tertiary alicyclic amines) is 1. The van der Waals surface area contributed by atoms with Crippen LogP contribution in [-0.4, -0.2) is 43.3 Å². The van der Waals surface area contributed by atoms with Gasteiger partial charge >= 0.3 is 6.18 Å². The summed E-state index contributed by atoms with van der Waals surface area (Å²) in [6.07, 6.45) is -1.02. The molecule has 1 aliphatic rings. The molecule has 1 fully saturated rings. The molecule has 1 N–H and O–H groups in total. The highest BCUT2D eigenvalue weighted by molar-refractivity contribution is 4.80. The predicted octanol–water partition coefficient (Wildman–Crippen LogP) is 3.43. The molecule has 1 heterocycles. The fraction of sp³-hybridized carbons (Fsp3) is 1.00. The van der Waals surface area contributed by atoms with Crippen molar-refractivity contribution in [3.8, 4) is 0 Å². The van der Waals surface area contributed by atoms with Crippen molar-refractivity contribution in [1.82, 2.24) is 10.2 Å². The normalized spacial score (nSPS) is 23.5. The highest BCUT2D eigenvalue weighted by Gasteiger charge is 2.28. The van der Waals surface area contributed by atoms with Crippen LogP contribution in [0.3, 0.4) is 0 Å². The zero-order chi connectivity index (χ0) is 14.3. The Morgan fingerprint density at radius 1 is 1.37 bits per heavy atom. The lowest BCUT2D eigenvalue weighted by Gasteiger charge is -2.36. The van der Waals surface area contributed by atoms with E-state index in [-0.39, 0.29) is 6.42 Å². The van der Waals surface area contributed by atoms with Crippen LogP contribution in [0.15, 0.2) is 0 Å². The van der Waals surface area contributed by atoms with E-state index in [0.717, 1.165) is 32.5 Å². The van der Waals surface area contributed by atoms with Gasteiger partial charge in [0.25, 0.3) is 0 Å². The number of halogens is 3. The summed E-state index contributed by atoms with van der Waals surface area (Å²) in [7, 11) is 0. The summed E-state index contributed by atoms with van der Waals surface area (Å²) in [6, 6.07) is 0.463. The molecule has 2 atom stereocenters.